The van der Waals surface area contributed by atoms with Gasteiger partial charge in [0, 0.05) is 0 Å². The molecule has 46 valence electrons. The van der Waals surface area contributed by atoms with Crippen molar-refractivity contribution < 1.29 is 5.11 Å². The minimum atomic E-state index is -1.46. The van der Waals surface area contributed by atoms with Crippen LogP contribution in [0.15, 0.2) is 17.7 Å². The number of rotatable bonds is 1. The zero-order valence-electron chi connectivity index (χ0n) is 5.65. The fourth-order valence-electron chi connectivity index (χ4n) is 0.265. The van der Waals surface area contributed by atoms with Crippen molar-refractivity contribution in [3.8, 4) is 0 Å². The van der Waals surface area contributed by atoms with Crippen molar-refractivity contribution in [2.45, 2.75) is 19.6 Å². The molecule has 0 aliphatic heterocycles. The zero-order valence-corrected chi connectivity index (χ0v) is 6.65. The Balaban J connectivity index is 4.26. The van der Waals surface area contributed by atoms with Gasteiger partial charge in [-0.2, -0.15) is 0 Å². The molecule has 1 N–H and O–H groups in total. The van der Waals surface area contributed by atoms with Crippen LogP contribution in [0.2, 0.25) is 19.6 Å². The Labute approximate surface area is 51.4 Å². The minimum Gasteiger partial charge on any atom is -0.510 e. The van der Waals surface area contributed by atoms with Crippen molar-refractivity contribution >= 4 is 8.07 Å². The Bertz CT molecular complexity index is 126. The lowest BCUT2D eigenvalue weighted by molar-refractivity contribution is 0.446. The highest BCUT2D eigenvalue weighted by molar-refractivity contribution is 6.82. The molecular formula is C6H12OSi. The second-order valence-corrected chi connectivity index (χ2v) is 7.75. The van der Waals surface area contributed by atoms with Crippen LogP contribution in [0.5, 0.6) is 0 Å². The van der Waals surface area contributed by atoms with E-state index < -0.39 is 8.07 Å². The van der Waals surface area contributed by atoms with Crippen LogP contribution in [0.25, 0.3) is 0 Å². The monoisotopic (exact) mass is 128 g/mol. The molecular weight excluding hydrogens is 116 g/mol. The summed E-state index contributed by atoms with van der Waals surface area (Å²) >= 11 is 0. The molecule has 0 aliphatic carbocycles. The van der Waals surface area contributed by atoms with E-state index in [9.17, 15) is 0 Å². The third kappa shape index (κ3) is 2.01. The van der Waals surface area contributed by atoms with Crippen LogP contribution in [0.4, 0.5) is 0 Å². The first-order valence-corrected chi connectivity index (χ1v) is 6.08. The maximum atomic E-state index is 9.00. The standard InChI is InChI=1S/C6H12OSi/c1-5-6(7)8(2,3)4/h7H,1H2,2-4H3. The minimum absolute atomic E-state index is 0.359. The van der Waals surface area contributed by atoms with Crippen LogP contribution in [0, 0.1) is 0 Å². The maximum absolute atomic E-state index is 9.00. The van der Waals surface area contributed by atoms with Gasteiger partial charge in [0.2, 0.25) is 0 Å². The van der Waals surface area contributed by atoms with E-state index in [1.807, 2.05) is 19.6 Å². The van der Waals surface area contributed by atoms with Crippen LogP contribution in [0.1, 0.15) is 0 Å². The molecule has 0 amide bonds. The van der Waals surface area contributed by atoms with Gasteiger partial charge in [0.25, 0.3) is 0 Å². The summed E-state index contributed by atoms with van der Waals surface area (Å²) in [7, 11) is -1.46. The molecule has 0 bridgehead atoms. The molecule has 0 fully saturated rings. The second-order valence-electron chi connectivity index (χ2n) is 2.78. The van der Waals surface area contributed by atoms with Crippen molar-refractivity contribution in [1.29, 1.82) is 0 Å². The predicted octanol–water partition coefficient (Wildman–Crippen LogP) is 2.09. The Morgan fingerprint density at radius 3 is 1.88 bits per heavy atom. The zero-order chi connectivity index (χ0) is 6.78. The molecule has 0 rings (SSSR count). The topological polar surface area (TPSA) is 20.2 Å². The van der Waals surface area contributed by atoms with E-state index in [2.05, 4.69) is 12.3 Å². The molecule has 0 aromatic rings. The number of aliphatic hydroxyl groups excluding tert-OH is 1. The maximum Gasteiger partial charge on any atom is 0.132 e. The summed E-state index contributed by atoms with van der Waals surface area (Å²) < 4.78 is 0. The van der Waals surface area contributed by atoms with Crippen LogP contribution in [-0.4, -0.2) is 13.2 Å². The summed E-state index contributed by atoms with van der Waals surface area (Å²) in [6.45, 7) is 9.48. The van der Waals surface area contributed by atoms with Crippen molar-refractivity contribution in [2.75, 3.05) is 0 Å². The molecule has 0 spiro atoms. The molecule has 0 aromatic carbocycles. The predicted molar refractivity (Wildman–Crippen MR) is 38.6 cm³/mol. The van der Waals surface area contributed by atoms with Crippen LogP contribution in [-0.2, 0) is 0 Å². The molecule has 0 saturated carbocycles. The first-order chi connectivity index (χ1) is 3.48. The lowest BCUT2D eigenvalue weighted by atomic mass is 10.9. The Morgan fingerprint density at radius 1 is 1.50 bits per heavy atom. The summed E-state index contributed by atoms with van der Waals surface area (Å²) in [6.07, 6.45) is 0. The molecule has 1 nitrogen and oxygen atoms in total. The highest BCUT2D eigenvalue weighted by Gasteiger charge is 2.17. The van der Waals surface area contributed by atoms with Crippen LogP contribution < -0.4 is 0 Å². The fraction of sp³-hybridized carbons (Fsp3) is 0.500. The van der Waals surface area contributed by atoms with E-state index in [4.69, 9.17) is 5.11 Å². The van der Waals surface area contributed by atoms with Crippen molar-refractivity contribution in [1.82, 2.24) is 0 Å². The number of aliphatic hydroxyl groups is 1. The molecule has 0 aromatic heterocycles. The van der Waals surface area contributed by atoms with Crippen LogP contribution in [0.3, 0.4) is 0 Å². The van der Waals surface area contributed by atoms with Gasteiger partial charge in [-0.05, 0) is 0 Å². The summed E-state index contributed by atoms with van der Waals surface area (Å²) in [5, 5.41) is 9.36. The average Bonchev–Trinajstić information content (AvgIpc) is 1.62. The molecule has 0 aliphatic rings. The molecule has 0 heterocycles. The lowest BCUT2D eigenvalue weighted by Crippen LogP contribution is -2.22. The highest BCUT2D eigenvalue weighted by Crippen LogP contribution is 2.08. The van der Waals surface area contributed by atoms with Crippen molar-refractivity contribution in [3.05, 3.63) is 17.7 Å². The van der Waals surface area contributed by atoms with Gasteiger partial charge in [-0.25, -0.2) is 0 Å². The SMILES string of the molecule is C=C=C(O)[Si](C)(C)C. The third-order valence-corrected chi connectivity index (χ3v) is 2.48. The van der Waals surface area contributed by atoms with Gasteiger partial charge < -0.3 is 5.11 Å². The van der Waals surface area contributed by atoms with Gasteiger partial charge >= 0.3 is 0 Å². The molecule has 0 unspecified atom stereocenters. The smallest absolute Gasteiger partial charge is 0.132 e. The first-order valence-electron chi connectivity index (χ1n) is 2.58. The number of hydrogen-bond acceptors (Lipinski definition) is 1. The molecule has 8 heavy (non-hydrogen) atoms. The van der Waals surface area contributed by atoms with Gasteiger partial charge in [0.1, 0.15) is 13.5 Å². The van der Waals surface area contributed by atoms with Gasteiger partial charge in [-0.3, -0.25) is 0 Å². The summed E-state index contributed by atoms with van der Waals surface area (Å²) in [5.74, 6) is 0. The van der Waals surface area contributed by atoms with Crippen molar-refractivity contribution in [2.24, 2.45) is 0 Å². The Morgan fingerprint density at radius 2 is 1.88 bits per heavy atom. The molecule has 2 heteroatoms. The summed E-state index contributed by atoms with van der Waals surface area (Å²) in [5.41, 5.74) is 2.49. The normalized spacial score (nSPS) is 10.4. The van der Waals surface area contributed by atoms with Gasteiger partial charge in [-0.1, -0.05) is 32.0 Å². The summed E-state index contributed by atoms with van der Waals surface area (Å²) in [4.78, 5) is 0. The highest BCUT2D eigenvalue weighted by atomic mass is 28.3. The summed E-state index contributed by atoms with van der Waals surface area (Å²) in [6, 6.07) is 0. The lowest BCUT2D eigenvalue weighted by Gasteiger charge is -2.10. The van der Waals surface area contributed by atoms with Crippen LogP contribution >= 0.6 is 0 Å². The molecule has 0 radical (unpaired) electrons. The first kappa shape index (κ1) is 7.54. The average molecular weight is 128 g/mol. The second kappa shape index (κ2) is 2.20. The largest absolute Gasteiger partial charge is 0.510 e. The van der Waals surface area contributed by atoms with Gasteiger partial charge in [0.05, 0.1) is 0 Å². The quantitative estimate of drug-likeness (QED) is 0.326. The van der Waals surface area contributed by atoms with Gasteiger partial charge in [-0.15, -0.1) is 0 Å². The number of hydrogen-bond donors (Lipinski definition) is 1. The van der Waals surface area contributed by atoms with E-state index in [1.54, 1.807) is 0 Å². The molecule has 0 saturated heterocycles. The van der Waals surface area contributed by atoms with Crippen molar-refractivity contribution in [3.63, 3.8) is 0 Å². The van der Waals surface area contributed by atoms with E-state index in [1.165, 1.54) is 0 Å². The Kier molecular flexibility index (Phi) is 2.08. The third-order valence-electron chi connectivity index (χ3n) is 0.878. The van der Waals surface area contributed by atoms with E-state index in [0.29, 0.717) is 5.38 Å². The van der Waals surface area contributed by atoms with Gasteiger partial charge in [0.15, 0.2) is 0 Å². The van der Waals surface area contributed by atoms with E-state index in [-0.39, 0.29) is 0 Å². The van der Waals surface area contributed by atoms with E-state index >= 15 is 0 Å². The Hall–Kier alpha value is -0.463. The van der Waals surface area contributed by atoms with E-state index in [0.717, 1.165) is 0 Å². The fourth-order valence-corrected chi connectivity index (χ4v) is 0.795. The molecule has 0 atom stereocenters.